The monoisotopic (exact) mass is 304 g/mol. The quantitative estimate of drug-likeness (QED) is 0.222. The summed E-state index contributed by atoms with van der Waals surface area (Å²) in [6, 6.07) is 7.52. The number of halogens is 1. The number of nitrogens with zero attached hydrogens (tertiary/aromatic N) is 6. The molecule has 0 unspecified atom stereocenters. The summed E-state index contributed by atoms with van der Waals surface area (Å²) in [5, 5.41) is 17.0. The Morgan fingerprint density at radius 2 is 1.71 bits per heavy atom. The lowest BCUT2D eigenvalue weighted by atomic mass is 10.4. The maximum Gasteiger partial charge on any atom is 0.170 e. The Labute approximate surface area is 129 Å². The minimum atomic E-state index is 0. The number of hydrogen-bond acceptors (Lipinski definition) is 3. The van der Waals surface area contributed by atoms with Crippen molar-refractivity contribution in [3.8, 4) is 0 Å². The fraction of sp³-hybridized carbons (Fsp3) is 0.214. The number of amidine groups is 1. The summed E-state index contributed by atoms with van der Waals surface area (Å²) in [4.78, 5) is 0. The second kappa shape index (κ2) is 8.06. The van der Waals surface area contributed by atoms with Gasteiger partial charge in [0.15, 0.2) is 18.2 Å². The number of hydrogen-bond donors (Lipinski definition) is 0. The van der Waals surface area contributed by atoms with Crippen LogP contribution in [-0.4, -0.2) is 10.4 Å². The lowest BCUT2D eigenvalue weighted by Gasteiger charge is -1.93. The van der Waals surface area contributed by atoms with Gasteiger partial charge < -0.3 is 17.0 Å². The smallest absolute Gasteiger partial charge is 0.170 e. The van der Waals surface area contributed by atoms with Gasteiger partial charge in [0.1, 0.15) is 7.05 Å². The zero-order chi connectivity index (χ0) is 14.4. The molecule has 0 bridgehead atoms. The Morgan fingerprint density at radius 3 is 2.33 bits per heavy atom. The fourth-order valence-corrected chi connectivity index (χ4v) is 1.40. The van der Waals surface area contributed by atoms with Crippen molar-refractivity contribution < 1.29 is 17.0 Å². The molecule has 7 heteroatoms. The molecule has 2 heterocycles. The third-order valence-electron chi connectivity index (χ3n) is 2.54. The predicted molar refractivity (Wildman–Crippen MR) is 76.2 cm³/mol. The van der Waals surface area contributed by atoms with Crippen LogP contribution in [0.25, 0.3) is 0 Å². The molecule has 0 fully saturated rings. The summed E-state index contributed by atoms with van der Waals surface area (Å²) in [7, 11) is 3.90. The molecule has 0 amide bonds. The van der Waals surface area contributed by atoms with E-state index in [-0.39, 0.29) is 12.4 Å². The molecular weight excluding hydrogens is 288 g/mol. The van der Waals surface area contributed by atoms with E-state index in [1.54, 1.807) is 6.92 Å². The molecule has 0 saturated heterocycles. The highest BCUT2D eigenvalue weighted by molar-refractivity contribution is 5.79. The maximum atomic E-state index is 4.09. The van der Waals surface area contributed by atoms with Gasteiger partial charge in [-0.05, 0) is 19.1 Å². The van der Waals surface area contributed by atoms with E-state index in [1.165, 1.54) is 0 Å². The van der Waals surface area contributed by atoms with Crippen LogP contribution in [0.15, 0.2) is 69.5 Å². The summed E-state index contributed by atoms with van der Waals surface area (Å²) in [6.07, 6.45) is 7.65. The molecule has 0 N–H and O–H groups in total. The van der Waals surface area contributed by atoms with E-state index in [0.29, 0.717) is 5.84 Å². The third kappa shape index (κ3) is 5.66. The van der Waals surface area contributed by atoms with Gasteiger partial charge in [-0.15, -0.1) is 20.4 Å². The summed E-state index contributed by atoms with van der Waals surface area (Å²) >= 11 is 0. The summed E-state index contributed by atoms with van der Waals surface area (Å²) in [5.74, 6) is 0.506. The van der Waals surface area contributed by atoms with Crippen LogP contribution >= 0.6 is 0 Å². The van der Waals surface area contributed by atoms with Crippen LogP contribution in [0.1, 0.15) is 6.92 Å². The lowest BCUT2D eigenvalue weighted by Crippen LogP contribution is -3.00. The van der Waals surface area contributed by atoms with Gasteiger partial charge in [-0.3, -0.25) is 0 Å². The summed E-state index contributed by atoms with van der Waals surface area (Å²) in [5.41, 5.74) is 0.782. The Morgan fingerprint density at radius 1 is 1.10 bits per heavy atom. The van der Waals surface area contributed by atoms with E-state index in [0.717, 1.165) is 11.0 Å². The second-order valence-corrected chi connectivity index (χ2v) is 4.39. The number of aromatic nitrogens is 2. The Bertz CT molecular complexity index is 680. The summed E-state index contributed by atoms with van der Waals surface area (Å²) < 4.78 is 3.87. The van der Waals surface area contributed by atoms with Crippen LogP contribution in [0.3, 0.4) is 0 Å². The van der Waals surface area contributed by atoms with Gasteiger partial charge in [-0.2, -0.15) is 0 Å². The molecule has 0 atom stereocenters. The van der Waals surface area contributed by atoms with Crippen molar-refractivity contribution in [2.24, 2.45) is 34.5 Å². The fourth-order valence-electron chi connectivity index (χ4n) is 1.40. The molecular formula is C14H17ClN6. The number of aryl methyl sites for hydroxylation is 2. The highest BCUT2D eigenvalue weighted by Crippen LogP contribution is 2.08. The van der Waals surface area contributed by atoms with E-state index >= 15 is 0 Å². The first-order valence-electron chi connectivity index (χ1n) is 6.21. The molecule has 2 rings (SSSR count). The molecule has 0 saturated carbocycles. The first-order valence-corrected chi connectivity index (χ1v) is 6.21. The van der Waals surface area contributed by atoms with Gasteiger partial charge in [0.25, 0.3) is 0 Å². The van der Waals surface area contributed by atoms with E-state index in [1.807, 2.05) is 72.3 Å². The molecule has 110 valence electrons. The van der Waals surface area contributed by atoms with Gasteiger partial charge >= 0.3 is 0 Å². The van der Waals surface area contributed by atoms with Gasteiger partial charge in [0, 0.05) is 31.6 Å². The zero-order valence-corrected chi connectivity index (χ0v) is 12.9. The first kappa shape index (κ1) is 16.7. The van der Waals surface area contributed by atoms with Crippen LogP contribution < -0.4 is 22.3 Å². The Kier molecular flexibility index (Phi) is 6.42. The minimum absolute atomic E-state index is 0. The van der Waals surface area contributed by atoms with E-state index < -0.39 is 0 Å². The average Bonchev–Trinajstić information content (AvgIpc) is 2.46. The van der Waals surface area contributed by atoms with Crippen molar-refractivity contribution in [3.05, 3.63) is 54.4 Å². The molecule has 2 aromatic heterocycles. The highest BCUT2D eigenvalue weighted by atomic mass is 35.5. The van der Waals surface area contributed by atoms with Crippen molar-refractivity contribution in [2.75, 3.05) is 0 Å². The van der Waals surface area contributed by atoms with Crippen molar-refractivity contribution in [3.63, 3.8) is 0 Å². The normalized spacial score (nSPS) is 11.3. The Hall–Kier alpha value is -2.34. The molecule has 21 heavy (non-hydrogen) atoms. The minimum Gasteiger partial charge on any atom is -1.00 e. The van der Waals surface area contributed by atoms with E-state index in [9.17, 15) is 0 Å². The highest BCUT2D eigenvalue weighted by Gasteiger charge is 1.93. The first-order chi connectivity index (χ1) is 9.63. The molecule has 2 aromatic rings. The average molecular weight is 305 g/mol. The predicted octanol–water partition coefficient (Wildman–Crippen LogP) is -1.13. The van der Waals surface area contributed by atoms with Crippen LogP contribution in [0.4, 0.5) is 5.69 Å². The topological polar surface area (TPSA) is 58.2 Å². The molecule has 0 aliphatic rings. The number of azo groups is 1. The van der Waals surface area contributed by atoms with Crippen molar-refractivity contribution in [2.45, 2.75) is 6.92 Å². The number of pyridine rings is 2. The SMILES string of the molecule is CC(N=Nc1cc[n+](C)cc1)=NN=c1ccn(C)cc1.[Cl-]. The van der Waals surface area contributed by atoms with Gasteiger partial charge in [-0.25, -0.2) is 4.57 Å². The van der Waals surface area contributed by atoms with Crippen LogP contribution in [-0.2, 0) is 14.1 Å². The third-order valence-corrected chi connectivity index (χ3v) is 2.54. The van der Waals surface area contributed by atoms with Crippen LogP contribution in [0.5, 0.6) is 0 Å². The van der Waals surface area contributed by atoms with E-state index in [2.05, 4.69) is 20.4 Å². The molecule has 0 aromatic carbocycles. The van der Waals surface area contributed by atoms with Crippen LogP contribution in [0, 0.1) is 0 Å². The van der Waals surface area contributed by atoms with Crippen molar-refractivity contribution in [1.29, 1.82) is 0 Å². The molecule has 0 aliphatic heterocycles. The van der Waals surface area contributed by atoms with Gasteiger partial charge in [0.05, 0.1) is 11.0 Å². The van der Waals surface area contributed by atoms with Crippen molar-refractivity contribution in [1.82, 2.24) is 4.57 Å². The maximum absolute atomic E-state index is 4.09. The summed E-state index contributed by atoms with van der Waals surface area (Å²) in [6.45, 7) is 1.76. The standard InChI is InChI=1S/C14H17N6.ClH/c1-12(15-17-13-4-8-19(2)9-5-13)16-18-14-6-10-20(3)11-7-14;/h4-11H,1-3H3;1H/q+1;/p-1. The van der Waals surface area contributed by atoms with Crippen LogP contribution in [0.2, 0.25) is 0 Å². The molecule has 0 aliphatic carbocycles. The largest absolute Gasteiger partial charge is 1.00 e. The molecule has 6 nitrogen and oxygen atoms in total. The van der Waals surface area contributed by atoms with Gasteiger partial charge in [-0.1, -0.05) is 0 Å². The zero-order valence-electron chi connectivity index (χ0n) is 12.2. The Balaban J connectivity index is 0.00000220. The lowest BCUT2D eigenvalue weighted by molar-refractivity contribution is -0.671. The van der Waals surface area contributed by atoms with E-state index in [4.69, 9.17) is 0 Å². The molecule has 0 radical (unpaired) electrons. The van der Waals surface area contributed by atoms with Gasteiger partial charge in [0.2, 0.25) is 0 Å². The second-order valence-electron chi connectivity index (χ2n) is 4.39. The number of rotatable bonds is 2. The molecule has 0 spiro atoms. The van der Waals surface area contributed by atoms with Crippen molar-refractivity contribution >= 4 is 11.5 Å².